The summed E-state index contributed by atoms with van der Waals surface area (Å²) in [5, 5.41) is 9.03. The third-order valence-electron chi connectivity index (χ3n) is 1.24. The molecule has 0 aliphatic carbocycles. The van der Waals surface area contributed by atoms with Gasteiger partial charge in [-0.25, -0.2) is 9.78 Å². The van der Waals surface area contributed by atoms with Gasteiger partial charge in [0.1, 0.15) is 0 Å². The van der Waals surface area contributed by atoms with E-state index in [0.717, 1.165) is 11.3 Å². The number of anilines is 1. The van der Waals surface area contributed by atoms with Crippen molar-refractivity contribution >= 4 is 22.4 Å². The average molecular weight is 188 g/mol. The maximum absolute atomic E-state index is 11.0. The van der Waals surface area contributed by atoms with Crippen molar-refractivity contribution < 1.29 is 14.6 Å². The Morgan fingerprint density at radius 2 is 2.50 bits per heavy atom. The zero-order valence-electron chi connectivity index (χ0n) is 6.40. The number of aromatic nitrogens is 1. The Kier molecular flexibility index (Phi) is 2.61. The van der Waals surface area contributed by atoms with Crippen LogP contribution in [0.2, 0.25) is 0 Å². The van der Waals surface area contributed by atoms with Crippen molar-refractivity contribution in [3.8, 4) is 0 Å². The third-order valence-corrected chi connectivity index (χ3v) is 2.11. The number of ether oxygens (including phenoxy) is 1. The molecular weight excluding hydrogens is 180 g/mol. The molecule has 6 heteroatoms. The first-order chi connectivity index (χ1) is 5.69. The van der Waals surface area contributed by atoms with Crippen molar-refractivity contribution in [2.75, 3.05) is 12.8 Å². The SMILES string of the molecule is COC(=O)c1nc(N)sc1CO. The summed E-state index contributed by atoms with van der Waals surface area (Å²) in [5.74, 6) is -0.577. The largest absolute Gasteiger partial charge is 0.464 e. The number of thiazole rings is 1. The highest BCUT2D eigenvalue weighted by molar-refractivity contribution is 7.15. The Labute approximate surface area is 72.8 Å². The minimum Gasteiger partial charge on any atom is -0.464 e. The molecule has 0 saturated carbocycles. The number of nitrogens with zero attached hydrogens (tertiary/aromatic N) is 1. The lowest BCUT2D eigenvalue weighted by Gasteiger charge is -1.94. The number of nitrogen functional groups attached to an aromatic ring is 1. The van der Waals surface area contributed by atoms with Gasteiger partial charge >= 0.3 is 5.97 Å². The topological polar surface area (TPSA) is 85.4 Å². The number of aliphatic hydroxyl groups is 1. The number of hydrogen-bond acceptors (Lipinski definition) is 6. The van der Waals surface area contributed by atoms with E-state index in [0.29, 0.717) is 4.88 Å². The predicted molar refractivity (Wildman–Crippen MR) is 43.8 cm³/mol. The second-order valence-corrected chi connectivity index (χ2v) is 3.09. The van der Waals surface area contributed by atoms with E-state index in [-0.39, 0.29) is 17.4 Å². The number of carbonyl (C=O) groups is 1. The van der Waals surface area contributed by atoms with Crippen LogP contribution in [-0.4, -0.2) is 23.2 Å². The normalized spacial score (nSPS) is 9.83. The van der Waals surface area contributed by atoms with Crippen molar-refractivity contribution in [1.29, 1.82) is 0 Å². The maximum Gasteiger partial charge on any atom is 0.358 e. The van der Waals surface area contributed by atoms with Gasteiger partial charge in [0.05, 0.1) is 18.6 Å². The number of rotatable bonds is 2. The molecule has 0 atom stereocenters. The molecule has 1 aromatic rings. The molecular formula is C6H8N2O3S. The highest BCUT2D eigenvalue weighted by Gasteiger charge is 2.16. The number of methoxy groups -OCH3 is 1. The Balaban J connectivity index is 3.04. The van der Waals surface area contributed by atoms with Gasteiger partial charge in [-0.3, -0.25) is 0 Å². The molecule has 0 aliphatic heterocycles. The Morgan fingerprint density at radius 1 is 1.83 bits per heavy atom. The average Bonchev–Trinajstić information content (AvgIpc) is 2.45. The van der Waals surface area contributed by atoms with Crippen molar-refractivity contribution in [3.05, 3.63) is 10.6 Å². The molecule has 0 spiro atoms. The van der Waals surface area contributed by atoms with E-state index in [9.17, 15) is 4.79 Å². The summed E-state index contributed by atoms with van der Waals surface area (Å²) >= 11 is 1.07. The van der Waals surface area contributed by atoms with Crippen LogP contribution in [0.15, 0.2) is 0 Å². The fraction of sp³-hybridized carbons (Fsp3) is 0.333. The van der Waals surface area contributed by atoms with Gasteiger partial charge in [-0.2, -0.15) is 0 Å². The van der Waals surface area contributed by atoms with E-state index in [1.165, 1.54) is 7.11 Å². The van der Waals surface area contributed by atoms with Crippen LogP contribution in [-0.2, 0) is 11.3 Å². The molecule has 0 unspecified atom stereocenters. The van der Waals surface area contributed by atoms with E-state index < -0.39 is 5.97 Å². The molecule has 0 bridgehead atoms. The van der Waals surface area contributed by atoms with Gasteiger partial charge in [0.15, 0.2) is 10.8 Å². The fourth-order valence-electron chi connectivity index (χ4n) is 0.733. The summed E-state index contributed by atoms with van der Waals surface area (Å²) < 4.78 is 4.43. The van der Waals surface area contributed by atoms with Gasteiger partial charge in [0, 0.05) is 0 Å². The molecule has 0 radical (unpaired) electrons. The van der Waals surface area contributed by atoms with Gasteiger partial charge < -0.3 is 15.6 Å². The highest BCUT2D eigenvalue weighted by atomic mass is 32.1. The first-order valence-electron chi connectivity index (χ1n) is 3.13. The van der Waals surface area contributed by atoms with Crippen molar-refractivity contribution in [2.45, 2.75) is 6.61 Å². The zero-order valence-corrected chi connectivity index (χ0v) is 7.22. The number of hydrogen-bond donors (Lipinski definition) is 2. The first-order valence-corrected chi connectivity index (χ1v) is 3.95. The quantitative estimate of drug-likeness (QED) is 0.638. The van der Waals surface area contributed by atoms with E-state index in [2.05, 4.69) is 9.72 Å². The minimum absolute atomic E-state index is 0.0995. The molecule has 0 aromatic carbocycles. The summed E-state index contributed by atoms with van der Waals surface area (Å²) in [6.45, 7) is -0.251. The van der Waals surface area contributed by atoms with Gasteiger partial charge in [0.2, 0.25) is 0 Å². The van der Waals surface area contributed by atoms with Gasteiger partial charge in [-0.1, -0.05) is 11.3 Å². The molecule has 5 nitrogen and oxygen atoms in total. The fourth-order valence-corrected chi connectivity index (χ4v) is 1.41. The summed E-state index contributed by atoms with van der Waals surface area (Å²) in [6, 6.07) is 0. The summed E-state index contributed by atoms with van der Waals surface area (Å²) in [7, 11) is 1.25. The lowest BCUT2D eigenvalue weighted by molar-refractivity contribution is 0.0591. The lowest BCUT2D eigenvalue weighted by atomic mass is 10.4. The molecule has 1 rings (SSSR count). The second kappa shape index (κ2) is 3.51. The molecule has 0 aliphatic rings. The van der Waals surface area contributed by atoms with Crippen LogP contribution in [0.1, 0.15) is 15.4 Å². The summed E-state index contributed by atoms with van der Waals surface area (Å²) in [4.78, 5) is 15.1. The molecule has 3 N–H and O–H groups in total. The molecule has 1 aromatic heterocycles. The van der Waals surface area contributed by atoms with Gasteiger partial charge in [0.25, 0.3) is 0 Å². The van der Waals surface area contributed by atoms with Crippen LogP contribution in [0.3, 0.4) is 0 Å². The van der Waals surface area contributed by atoms with Crippen LogP contribution in [0.25, 0.3) is 0 Å². The molecule has 0 saturated heterocycles. The molecule has 0 fully saturated rings. The monoisotopic (exact) mass is 188 g/mol. The van der Waals surface area contributed by atoms with Crippen LogP contribution in [0.4, 0.5) is 5.13 Å². The van der Waals surface area contributed by atoms with Crippen LogP contribution >= 0.6 is 11.3 Å². The van der Waals surface area contributed by atoms with E-state index in [1.807, 2.05) is 0 Å². The lowest BCUT2D eigenvalue weighted by Crippen LogP contribution is -2.04. The predicted octanol–water partition coefficient (Wildman–Crippen LogP) is 0.00420. The van der Waals surface area contributed by atoms with Crippen LogP contribution < -0.4 is 5.73 Å². The molecule has 66 valence electrons. The molecule has 12 heavy (non-hydrogen) atoms. The molecule has 1 heterocycles. The summed E-state index contributed by atoms with van der Waals surface area (Å²) in [6.07, 6.45) is 0. The van der Waals surface area contributed by atoms with Crippen molar-refractivity contribution in [3.63, 3.8) is 0 Å². The highest BCUT2D eigenvalue weighted by Crippen LogP contribution is 2.20. The van der Waals surface area contributed by atoms with E-state index in [1.54, 1.807) is 0 Å². The van der Waals surface area contributed by atoms with Crippen molar-refractivity contribution in [1.82, 2.24) is 4.98 Å². The number of aliphatic hydroxyl groups excluding tert-OH is 1. The number of carbonyl (C=O) groups excluding carboxylic acids is 1. The minimum atomic E-state index is -0.577. The van der Waals surface area contributed by atoms with Gasteiger partial charge in [-0.15, -0.1) is 0 Å². The Bertz CT molecular complexity index is 297. The van der Waals surface area contributed by atoms with E-state index >= 15 is 0 Å². The summed E-state index contributed by atoms with van der Waals surface area (Å²) in [5.41, 5.74) is 5.44. The van der Waals surface area contributed by atoms with E-state index in [4.69, 9.17) is 10.8 Å². The standard InChI is InChI=1S/C6H8N2O3S/c1-11-5(10)4-3(2-9)12-6(7)8-4/h9H,2H2,1H3,(H2,7,8). The molecule has 0 amide bonds. The van der Waals surface area contributed by atoms with Gasteiger partial charge in [-0.05, 0) is 0 Å². The first kappa shape index (κ1) is 8.95. The second-order valence-electron chi connectivity index (χ2n) is 1.97. The third kappa shape index (κ3) is 1.54. The Hall–Kier alpha value is -1.14. The van der Waals surface area contributed by atoms with Crippen molar-refractivity contribution in [2.24, 2.45) is 0 Å². The number of esters is 1. The maximum atomic E-state index is 11.0. The Morgan fingerprint density at radius 3 is 3.00 bits per heavy atom. The zero-order chi connectivity index (χ0) is 9.14. The van der Waals surface area contributed by atoms with Crippen LogP contribution in [0.5, 0.6) is 0 Å². The van der Waals surface area contributed by atoms with Crippen LogP contribution in [0, 0.1) is 0 Å². The smallest absolute Gasteiger partial charge is 0.358 e. The number of nitrogens with two attached hydrogens (primary N) is 1.